The molecule has 7 aromatic rings. The number of rotatable bonds is 8. The molecule has 7 rings (SSSR count). The van der Waals surface area contributed by atoms with Gasteiger partial charge in [0.1, 0.15) is 0 Å². The lowest BCUT2D eigenvalue weighted by Crippen LogP contribution is -2.30. The molecule has 0 spiro atoms. The molecule has 1 aromatic heterocycles. The Labute approximate surface area is 270 Å². The second-order valence-electron chi connectivity index (χ2n) is 11.1. The third kappa shape index (κ3) is 5.39. The Morgan fingerprint density at radius 2 is 0.804 bits per heavy atom. The Hall–Kier alpha value is -5.07. The number of hydrogen-bond acceptors (Lipinski definition) is 3. The first-order valence-corrected chi connectivity index (χ1v) is 18.6. The summed E-state index contributed by atoms with van der Waals surface area (Å²) in [5.41, 5.74) is 3.40. The van der Waals surface area contributed by atoms with E-state index in [0.29, 0.717) is 21.9 Å². The molecule has 0 saturated heterocycles. The fourth-order valence-electron chi connectivity index (χ4n) is 5.98. The van der Waals surface area contributed by atoms with E-state index in [9.17, 15) is 0 Å². The van der Waals surface area contributed by atoms with Crippen LogP contribution >= 0.6 is 14.3 Å². The molecule has 46 heavy (non-hydrogen) atoms. The molecular weight excluding hydrogens is 600 g/mol. The number of nitrogens with zero attached hydrogens (tertiary/aromatic N) is 1. The standard InChI is InChI=1S/C41H31NO2P2/c43-45(34-18-8-2-9-19-34,35-20-10-3-11-21-35)38-27-29-41(46(44,36-22-12-4-13-23-36)37-24-14-5-15-25-37)39(30-38)40-28-26-33(31-42-40)32-16-6-1-7-17-32/h1-31H. The van der Waals surface area contributed by atoms with Gasteiger partial charge in [-0.25, -0.2) is 0 Å². The Morgan fingerprint density at radius 3 is 1.24 bits per heavy atom. The van der Waals surface area contributed by atoms with Crippen LogP contribution in [0.2, 0.25) is 0 Å². The van der Waals surface area contributed by atoms with Crippen LogP contribution in [0.5, 0.6) is 0 Å². The highest BCUT2D eigenvalue weighted by Gasteiger charge is 2.35. The largest absolute Gasteiger partial charge is 0.309 e. The van der Waals surface area contributed by atoms with Gasteiger partial charge in [0.15, 0.2) is 14.3 Å². The predicted molar refractivity (Wildman–Crippen MR) is 194 cm³/mol. The van der Waals surface area contributed by atoms with E-state index < -0.39 is 14.3 Å². The summed E-state index contributed by atoms with van der Waals surface area (Å²) in [6.07, 6.45) is 1.85. The molecule has 5 heteroatoms. The summed E-state index contributed by atoms with van der Waals surface area (Å²) in [5.74, 6) is 0. The first-order valence-electron chi connectivity index (χ1n) is 15.2. The van der Waals surface area contributed by atoms with Crippen molar-refractivity contribution in [3.63, 3.8) is 0 Å². The first kappa shape index (κ1) is 29.6. The lowest BCUT2D eigenvalue weighted by atomic mass is 10.1. The lowest BCUT2D eigenvalue weighted by Gasteiger charge is -2.25. The van der Waals surface area contributed by atoms with Crippen LogP contribution in [0.15, 0.2) is 188 Å². The zero-order valence-electron chi connectivity index (χ0n) is 25.1. The topological polar surface area (TPSA) is 47.0 Å². The van der Waals surface area contributed by atoms with Crippen molar-refractivity contribution in [3.8, 4) is 22.4 Å². The highest BCUT2D eigenvalue weighted by atomic mass is 31.2. The van der Waals surface area contributed by atoms with Crippen LogP contribution in [0.4, 0.5) is 0 Å². The van der Waals surface area contributed by atoms with Gasteiger partial charge in [-0.1, -0.05) is 164 Å². The summed E-state index contributed by atoms with van der Waals surface area (Å²) in [7, 11) is -6.71. The fourth-order valence-corrected chi connectivity index (χ4v) is 11.5. The van der Waals surface area contributed by atoms with Gasteiger partial charge in [-0.2, -0.15) is 0 Å². The van der Waals surface area contributed by atoms with Crippen molar-refractivity contribution in [3.05, 3.63) is 188 Å². The summed E-state index contributed by atoms with van der Waals surface area (Å²) in [6.45, 7) is 0. The highest BCUT2D eigenvalue weighted by molar-refractivity contribution is 7.86. The third-order valence-corrected chi connectivity index (χ3v) is 14.5. The van der Waals surface area contributed by atoms with Gasteiger partial charge in [0.2, 0.25) is 0 Å². The van der Waals surface area contributed by atoms with Crippen LogP contribution in [-0.4, -0.2) is 4.98 Å². The molecule has 3 nitrogen and oxygen atoms in total. The van der Waals surface area contributed by atoms with Crippen LogP contribution in [0.25, 0.3) is 22.4 Å². The minimum Gasteiger partial charge on any atom is -0.309 e. The SMILES string of the molecule is O=P(c1ccccc1)(c1ccccc1)c1ccc(P(=O)(c2ccccc2)c2ccccc2)c(-c2ccc(-c3ccccc3)cn2)c1. The molecule has 0 atom stereocenters. The van der Waals surface area contributed by atoms with Gasteiger partial charge >= 0.3 is 0 Å². The fraction of sp³-hybridized carbons (Fsp3) is 0. The van der Waals surface area contributed by atoms with Crippen LogP contribution < -0.4 is 31.8 Å². The monoisotopic (exact) mass is 631 g/mol. The van der Waals surface area contributed by atoms with E-state index in [1.165, 1.54) is 0 Å². The van der Waals surface area contributed by atoms with Crippen molar-refractivity contribution in [1.29, 1.82) is 0 Å². The number of pyridine rings is 1. The van der Waals surface area contributed by atoms with Gasteiger partial charge in [-0.05, 0) is 23.8 Å². The van der Waals surface area contributed by atoms with Crippen molar-refractivity contribution in [2.45, 2.75) is 0 Å². The molecule has 0 aliphatic heterocycles. The van der Waals surface area contributed by atoms with Crippen LogP contribution in [-0.2, 0) is 9.13 Å². The first-order chi connectivity index (χ1) is 22.6. The van der Waals surface area contributed by atoms with E-state index in [1.807, 2.05) is 176 Å². The molecule has 0 bridgehead atoms. The number of benzene rings is 6. The van der Waals surface area contributed by atoms with Crippen molar-refractivity contribution in [2.24, 2.45) is 0 Å². The summed E-state index contributed by atoms with van der Waals surface area (Å²) < 4.78 is 31.2. The van der Waals surface area contributed by atoms with Crippen LogP contribution in [0, 0.1) is 0 Å². The Balaban J connectivity index is 1.51. The molecular formula is C41H31NO2P2. The van der Waals surface area contributed by atoms with E-state index in [4.69, 9.17) is 4.98 Å². The minimum absolute atomic E-state index is 0.654. The summed E-state index contributed by atoms with van der Waals surface area (Å²) >= 11 is 0. The molecule has 0 unspecified atom stereocenters. The van der Waals surface area contributed by atoms with Crippen molar-refractivity contribution in [2.75, 3.05) is 0 Å². The summed E-state index contributed by atoms with van der Waals surface area (Å²) in [5, 5.41) is 4.24. The molecule has 0 fully saturated rings. The van der Waals surface area contributed by atoms with Gasteiger partial charge in [-0.15, -0.1) is 0 Å². The van der Waals surface area contributed by atoms with Crippen molar-refractivity contribution in [1.82, 2.24) is 4.98 Å². The molecule has 0 radical (unpaired) electrons. The van der Waals surface area contributed by atoms with Gasteiger partial charge < -0.3 is 9.13 Å². The van der Waals surface area contributed by atoms with E-state index >= 15 is 9.13 Å². The van der Waals surface area contributed by atoms with Crippen molar-refractivity contribution >= 4 is 46.1 Å². The smallest absolute Gasteiger partial charge is 0.171 e. The minimum atomic E-state index is -3.40. The van der Waals surface area contributed by atoms with Crippen LogP contribution in [0.3, 0.4) is 0 Å². The van der Waals surface area contributed by atoms with E-state index in [0.717, 1.165) is 32.3 Å². The second kappa shape index (κ2) is 12.7. The molecule has 0 amide bonds. The Kier molecular flexibility index (Phi) is 8.20. The molecule has 6 aromatic carbocycles. The Bertz CT molecular complexity index is 2080. The summed E-state index contributed by atoms with van der Waals surface area (Å²) in [6, 6.07) is 58.4. The van der Waals surface area contributed by atoms with E-state index in [1.54, 1.807) is 0 Å². The normalized spacial score (nSPS) is 11.7. The van der Waals surface area contributed by atoms with Gasteiger partial charge in [0, 0.05) is 49.2 Å². The highest BCUT2D eigenvalue weighted by Crippen LogP contribution is 2.47. The number of hydrogen-bond donors (Lipinski definition) is 0. The molecule has 0 N–H and O–H groups in total. The lowest BCUT2D eigenvalue weighted by molar-refractivity contribution is 0.591. The Morgan fingerprint density at radius 1 is 0.370 bits per heavy atom. The van der Waals surface area contributed by atoms with Gasteiger partial charge in [-0.3, -0.25) is 4.98 Å². The summed E-state index contributed by atoms with van der Waals surface area (Å²) in [4.78, 5) is 4.94. The third-order valence-electron chi connectivity index (χ3n) is 8.31. The zero-order valence-corrected chi connectivity index (χ0v) is 26.8. The zero-order chi connectivity index (χ0) is 31.4. The molecule has 0 aliphatic rings. The van der Waals surface area contributed by atoms with E-state index in [2.05, 4.69) is 12.1 Å². The molecule has 0 aliphatic carbocycles. The van der Waals surface area contributed by atoms with Gasteiger partial charge in [0.25, 0.3) is 0 Å². The maximum atomic E-state index is 15.7. The van der Waals surface area contributed by atoms with Crippen LogP contribution in [0.1, 0.15) is 0 Å². The quantitative estimate of drug-likeness (QED) is 0.162. The maximum Gasteiger partial charge on any atom is 0.171 e. The number of aromatic nitrogens is 1. The molecule has 222 valence electrons. The van der Waals surface area contributed by atoms with Gasteiger partial charge in [0.05, 0.1) is 5.69 Å². The maximum absolute atomic E-state index is 15.7. The molecule has 1 heterocycles. The van der Waals surface area contributed by atoms with Crippen molar-refractivity contribution < 1.29 is 9.13 Å². The average Bonchev–Trinajstić information content (AvgIpc) is 3.16. The second-order valence-corrected chi connectivity index (χ2v) is 16.6. The average molecular weight is 632 g/mol. The predicted octanol–water partition coefficient (Wildman–Crippen LogP) is 7.69. The van der Waals surface area contributed by atoms with E-state index in [-0.39, 0.29) is 0 Å². The molecule has 0 saturated carbocycles.